The van der Waals surface area contributed by atoms with Gasteiger partial charge < -0.3 is 10.2 Å². The second-order valence-corrected chi connectivity index (χ2v) is 11.7. The highest BCUT2D eigenvalue weighted by Crippen LogP contribution is 2.25. The van der Waals surface area contributed by atoms with Crippen LogP contribution in [-0.4, -0.2) is 37.6 Å². The zero-order valence-electron chi connectivity index (χ0n) is 17.8. The lowest BCUT2D eigenvalue weighted by Gasteiger charge is -2.32. The van der Waals surface area contributed by atoms with Gasteiger partial charge in [0, 0.05) is 30.7 Å². The molecule has 0 unspecified atom stereocenters. The first-order valence-electron chi connectivity index (χ1n) is 10.0. The Balaban J connectivity index is 1.59. The molecule has 8 nitrogen and oxygen atoms in total. The molecule has 1 aliphatic heterocycles. The highest BCUT2D eigenvalue weighted by atomic mass is 32.2. The van der Waals surface area contributed by atoms with Crippen molar-refractivity contribution in [3.63, 3.8) is 0 Å². The SMILES string of the molecule is C[C@@H]1CCCN(c2ccc(CNS(=O)(=O)c3nnc(NC(=O)C(C)(C)C)s3)cc2)C1. The van der Waals surface area contributed by atoms with E-state index in [4.69, 9.17) is 0 Å². The first-order chi connectivity index (χ1) is 14.0. The van der Waals surface area contributed by atoms with Crippen LogP contribution in [0, 0.1) is 11.3 Å². The summed E-state index contributed by atoms with van der Waals surface area (Å²) in [4.78, 5) is 14.4. The number of amides is 1. The van der Waals surface area contributed by atoms with Gasteiger partial charge in [-0.15, -0.1) is 10.2 Å². The predicted molar refractivity (Wildman–Crippen MR) is 119 cm³/mol. The third-order valence-corrected chi connectivity index (χ3v) is 7.57. The number of aromatic nitrogens is 2. The second kappa shape index (κ2) is 8.99. The van der Waals surface area contributed by atoms with Crippen molar-refractivity contribution in [3.8, 4) is 0 Å². The number of benzene rings is 1. The van der Waals surface area contributed by atoms with E-state index in [-0.39, 0.29) is 21.9 Å². The van der Waals surface area contributed by atoms with Crippen molar-refractivity contribution in [1.82, 2.24) is 14.9 Å². The van der Waals surface area contributed by atoms with Crippen molar-refractivity contribution in [2.24, 2.45) is 11.3 Å². The average Bonchev–Trinajstić information content (AvgIpc) is 3.16. The van der Waals surface area contributed by atoms with Gasteiger partial charge in [-0.05, 0) is 36.5 Å². The Hall–Kier alpha value is -2.04. The molecule has 1 amide bonds. The molecule has 1 fully saturated rings. The van der Waals surface area contributed by atoms with Crippen molar-refractivity contribution < 1.29 is 13.2 Å². The van der Waals surface area contributed by atoms with E-state index in [2.05, 4.69) is 32.1 Å². The maximum atomic E-state index is 12.5. The summed E-state index contributed by atoms with van der Waals surface area (Å²) in [5.41, 5.74) is 1.41. The summed E-state index contributed by atoms with van der Waals surface area (Å²) >= 11 is 0.830. The number of anilines is 2. The quantitative estimate of drug-likeness (QED) is 0.654. The first kappa shape index (κ1) is 22.6. The molecule has 0 bridgehead atoms. The van der Waals surface area contributed by atoms with Gasteiger partial charge in [-0.1, -0.05) is 51.2 Å². The van der Waals surface area contributed by atoms with E-state index in [0.717, 1.165) is 35.7 Å². The smallest absolute Gasteiger partial charge is 0.270 e. The molecule has 0 spiro atoms. The van der Waals surface area contributed by atoms with Gasteiger partial charge in [-0.25, -0.2) is 13.1 Å². The summed E-state index contributed by atoms with van der Waals surface area (Å²) in [6.07, 6.45) is 2.46. The highest BCUT2D eigenvalue weighted by Gasteiger charge is 2.25. The lowest BCUT2D eigenvalue weighted by atomic mass is 9.96. The number of nitrogens with one attached hydrogen (secondary N) is 2. The van der Waals surface area contributed by atoms with Crippen LogP contribution in [0.3, 0.4) is 0 Å². The number of sulfonamides is 1. The maximum absolute atomic E-state index is 12.5. The molecule has 3 rings (SSSR count). The van der Waals surface area contributed by atoms with E-state index < -0.39 is 15.4 Å². The maximum Gasteiger partial charge on any atom is 0.270 e. The molecule has 1 aromatic heterocycles. The van der Waals surface area contributed by atoms with Gasteiger partial charge in [0.1, 0.15) is 0 Å². The summed E-state index contributed by atoms with van der Waals surface area (Å²) in [5.74, 6) is 0.439. The summed E-state index contributed by atoms with van der Waals surface area (Å²) in [5, 5.41) is 10.2. The standard InChI is InChI=1S/C20H29N5O3S2/c1-14-6-5-11-25(13-14)16-9-7-15(8-10-16)12-21-30(27,28)19-24-23-18(29-19)22-17(26)20(2,3)4/h7-10,14,21H,5-6,11-13H2,1-4H3,(H,22,23,26)/t14-/m1/s1. The molecule has 1 atom stereocenters. The van der Waals surface area contributed by atoms with Gasteiger partial charge in [-0.3, -0.25) is 4.79 Å². The largest absolute Gasteiger partial charge is 0.371 e. The fourth-order valence-electron chi connectivity index (χ4n) is 3.14. The Kier molecular flexibility index (Phi) is 6.78. The fourth-order valence-corrected chi connectivity index (χ4v) is 5.10. The van der Waals surface area contributed by atoms with Crippen LogP contribution in [0.5, 0.6) is 0 Å². The summed E-state index contributed by atoms with van der Waals surface area (Å²) in [6, 6.07) is 7.94. The Labute approximate surface area is 182 Å². The van der Waals surface area contributed by atoms with Crippen LogP contribution in [0.2, 0.25) is 0 Å². The third-order valence-electron chi connectivity index (χ3n) is 4.96. The van der Waals surface area contributed by atoms with Gasteiger partial charge in [0.2, 0.25) is 15.4 Å². The first-order valence-corrected chi connectivity index (χ1v) is 12.3. The molecule has 164 valence electrons. The van der Waals surface area contributed by atoms with Crippen LogP contribution >= 0.6 is 11.3 Å². The molecule has 1 aromatic carbocycles. The number of carbonyl (C=O) groups excluding carboxylic acids is 1. The van der Waals surface area contributed by atoms with Crippen LogP contribution in [-0.2, 0) is 21.4 Å². The highest BCUT2D eigenvalue weighted by molar-refractivity contribution is 7.91. The predicted octanol–water partition coefficient (Wildman–Crippen LogP) is 3.24. The van der Waals surface area contributed by atoms with Crippen LogP contribution in [0.15, 0.2) is 28.6 Å². The summed E-state index contributed by atoms with van der Waals surface area (Å²) < 4.78 is 27.4. The molecule has 0 radical (unpaired) electrons. The number of piperidine rings is 1. The van der Waals surface area contributed by atoms with Gasteiger partial charge in [0.15, 0.2) is 0 Å². The van der Waals surface area contributed by atoms with E-state index in [1.165, 1.54) is 12.8 Å². The molecule has 2 heterocycles. The number of nitrogens with zero attached hydrogens (tertiary/aromatic N) is 3. The van der Waals surface area contributed by atoms with Crippen LogP contribution in [0.4, 0.5) is 10.8 Å². The zero-order valence-corrected chi connectivity index (χ0v) is 19.4. The van der Waals surface area contributed by atoms with Crippen LogP contribution < -0.4 is 14.9 Å². The number of hydrogen-bond acceptors (Lipinski definition) is 7. The summed E-state index contributed by atoms with van der Waals surface area (Å²) in [7, 11) is -3.81. The Morgan fingerprint density at radius 2 is 1.93 bits per heavy atom. The lowest BCUT2D eigenvalue weighted by molar-refractivity contribution is -0.123. The Bertz CT molecular complexity index is 981. The minimum absolute atomic E-state index is 0.155. The van der Waals surface area contributed by atoms with E-state index in [1.54, 1.807) is 20.8 Å². The number of carbonyl (C=O) groups is 1. The van der Waals surface area contributed by atoms with E-state index in [1.807, 2.05) is 24.3 Å². The molecule has 1 saturated heterocycles. The zero-order chi connectivity index (χ0) is 21.9. The van der Waals surface area contributed by atoms with Gasteiger partial charge >= 0.3 is 0 Å². The van der Waals surface area contributed by atoms with E-state index >= 15 is 0 Å². The Morgan fingerprint density at radius 3 is 2.57 bits per heavy atom. The second-order valence-electron chi connectivity index (χ2n) is 8.76. The normalized spacial score (nSPS) is 17.7. The van der Waals surface area contributed by atoms with E-state index in [0.29, 0.717) is 5.92 Å². The Morgan fingerprint density at radius 1 is 1.23 bits per heavy atom. The van der Waals surface area contributed by atoms with Gasteiger partial charge in [0.05, 0.1) is 0 Å². The van der Waals surface area contributed by atoms with Crippen molar-refractivity contribution in [2.45, 2.75) is 51.4 Å². The molecule has 30 heavy (non-hydrogen) atoms. The van der Waals surface area contributed by atoms with Crippen LogP contribution in [0.25, 0.3) is 0 Å². The molecular formula is C20H29N5O3S2. The molecule has 0 aliphatic carbocycles. The molecule has 2 aromatic rings. The van der Waals surface area contributed by atoms with Gasteiger partial charge in [-0.2, -0.15) is 0 Å². The number of hydrogen-bond donors (Lipinski definition) is 2. The monoisotopic (exact) mass is 451 g/mol. The minimum Gasteiger partial charge on any atom is -0.371 e. The summed E-state index contributed by atoms with van der Waals surface area (Å²) in [6.45, 7) is 9.82. The topological polar surface area (TPSA) is 104 Å². The number of rotatable bonds is 6. The molecule has 1 aliphatic rings. The van der Waals surface area contributed by atoms with Crippen molar-refractivity contribution in [3.05, 3.63) is 29.8 Å². The fraction of sp³-hybridized carbons (Fsp3) is 0.550. The van der Waals surface area contributed by atoms with Crippen molar-refractivity contribution >= 4 is 38.1 Å². The van der Waals surface area contributed by atoms with Crippen molar-refractivity contribution in [2.75, 3.05) is 23.3 Å². The molecular weight excluding hydrogens is 422 g/mol. The molecule has 10 heteroatoms. The van der Waals surface area contributed by atoms with Gasteiger partial charge in [0.25, 0.3) is 10.0 Å². The minimum atomic E-state index is -3.81. The van der Waals surface area contributed by atoms with Crippen molar-refractivity contribution in [1.29, 1.82) is 0 Å². The molecule has 2 N–H and O–H groups in total. The van der Waals surface area contributed by atoms with E-state index in [9.17, 15) is 13.2 Å². The third kappa shape index (κ3) is 5.77. The molecule has 0 saturated carbocycles. The van der Waals surface area contributed by atoms with Crippen LogP contribution in [0.1, 0.15) is 46.1 Å². The lowest BCUT2D eigenvalue weighted by Crippen LogP contribution is -2.34. The average molecular weight is 452 g/mol.